The van der Waals surface area contributed by atoms with E-state index in [1.54, 1.807) is 12.1 Å². The van der Waals surface area contributed by atoms with Gasteiger partial charge in [-0.1, -0.05) is 37.5 Å². The number of nitrogens with one attached hydrogen (secondary N) is 3. The number of hydrogen-bond acceptors (Lipinski definition) is 5. The normalized spacial score (nSPS) is 22.3. The van der Waals surface area contributed by atoms with Gasteiger partial charge in [-0.3, -0.25) is 4.90 Å². The molecule has 0 bridgehead atoms. The number of piperazine rings is 1. The van der Waals surface area contributed by atoms with Crippen molar-refractivity contribution in [2.45, 2.75) is 32.4 Å². The number of anilines is 2. The van der Waals surface area contributed by atoms with Crippen LogP contribution < -0.4 is 20.9 Å². The van der Waals surface area contributed by atoms with Crippen molar-refractivity contribution in [2.24, 2.45) is 0 Å². The first-order valence-electron chi connectivity index (χ1n) is 11.7. The van der Waals surface area contributed by atoms with Gasteiger partial charge in [-0.15, -0.1) is 0 Å². The third kappa shape index (κ3) is 5.95. The quantitative estimate of drug-likeness (QED) is 0.508. The van der Waals surface area contributed by atoms with Crippen molar-refractivity contribution < 1.29 is 4.39 Å². The van der Waals surface area contributed by atoms with Crippen LogP contribution in [-0.4, -0.2) is 57.3 Å². The minimum absolute atomic E-state index is 0.175. The Kier molecular flexibility index (Phi) is 8.53. The predicted molar refractivity (Wildman–Crippen MR) is 140 cm³/mol. The van der Waals surface area contributed by atoms with E-state index in [0.29, 0.717) is 17.6 Å². The number of allylic oxidation sites excluding steroid dienone is 3. The van der Waals surface area contributed by atoms with E-state index in [0.717, 1.165) is 60.8 Å². The summed E-state index contributed by atoms with van der Waals surface area (Å²) in [5.74, 6) is -0.175. The van der Waals surface area contributed by atoms with Gasteiger partial charge in [0.15, 0.2) is 0 Å². The van der Waals surface area contributed by atoms with Gasteiger partial charge in [-0.25, -0.2) is 4.39 Å². The second-order valence-corrected chi connectivity index (χ2v) is 8.89. The highest BCUT2D eigenvalue weighted by molar-refractivity contribution is 5.80. The molecule has 0 aliphatic carbocycles. The van der Waals surface area contributed by atoms with Gasteiger partial charge < -0.3 is 20.9 Å². The van der Waals surface area contributed by atoms with Gasteiger partial charge in [-0.2, -0.15) is 0 Å². The maximum Gasteiger partial charge on any atom is 0.132 e. The van der Waals surface area contributed by atoms with E-state index < -0.39 is 0 Å². The van der Waals surface area contributed by atoms with Crippen LogP contribution in [-0.2, 0) is 0 Å². The second kappa shape index (κ2) is 11.3. The maximum absolute atomic E-state index is 15.4. The first-order chi connectivity index (χ1) is 15.8. The lowest BCUT2D eigenvalue weighted by molar-refractivity contribution is 0.170. The summed E-state index contributed by atoms with van der Waals surface area (Å²) >= 11 is 0. The molecule has 2 heterocycles. The Balaban J connectivity index is 2.03. The molecular formula is C27H38FN5. The van der Waals surface area contributed by atoms with Crippen molar-refractivity contribution in [3.05, 3.63) is 78.4 Å². The molecule has 1 aromatic rings. The Hall–Kier alpha value is -2.83. The number of halogens is 1. The molecule has 0 radical (unpaired) electrons. The average Bonchev–Trinajstić information content (AvgIpc) is 2.81. The van der Waals surface area contributed by atoms with Crippen LogP contribution in [0.3, 0.4) is 0 Å². The van der Waals surface area contributed by atoms with Crippen LogP contribution in [0.5, 0.6) is 0 Å². The van der Waals surface area contributed by atoms with Crippen LogP contribution in [0, 0.1) is 5.82 Å². The predicted octanol–water partition coefficient (Wildman–Crippen LogP) is 4.50. The minimum Gasteiger partial charge on any atom is -0.393 e. The van der Waals surface area contributed by atoms with E-state index in [4.69, 9.17) is 0 Å². The lowest BCUT2D eigenvalue weighted by atomic mass is 9.97. The summed E-state index contributed by atoms with van der Waals surface area (Å²) in [7, 11) is 4.01. The molecule has 1 aromatic carbocycles. The summed E-state index contributed by atoms with van der Waals surface area (Å²) in [5, 5.41) is 9.87. The summed E-state index contributed by atoms with van der Waals surface area (Å²) in [6.07, 6.45) is 10.3. The van der Waals surface area contributed by atoms with Crippen LogP contribution in [0.25, 0.3) is 5.57 Å². The van der Waals surface area contributed by atoms with Crippen molar-refractivity contribution in [3.63, 3.8) is 0 Å². The monoisotopic (exact) mass is 451 g/mol. The second-order valence-electron chi connectivity index (χ2n) is 8.89. The molecule has 178 valence electrons. The minimum atomic E-state index is -0.175. The molecule has 5 nitrogen and oxygen atoms in total. The van der Waals surface area contributed by atoms with E-state index >= 15 is 4.39 Å². The molecule has 6 heteroatoms. The number of nitrogens with zero attached hydrogens (tertiary/aromatic N) is 2. The summed E-state index contributed by atoms with van der Waals surface area (Å²) < 4.78 is 15.4. The van der Waals surface area contributed by atoms with Gasteiger partial charge >= 0.3 is 0 Å². The van der Waals surface area contributed by atoms with Crippen molar-refractivity contribution in [1.29, 1.82) is 0 Å². The SMILES string of the molecule is C=C/C=C\C(=C/NC)C(=C)Nc1cc(C2=CCNCC2)c(F)cc1N1CC(C)N(C)C(C)C1. The molecule has 0 amide bonds. The zero-order chi connectivity index (χ0) is 24.0. The van der Waals surface area contributed by atoms with Gasteiger partial charge in [0.2, 0.25) is 0 Å². The van der Waals surface area contributed by atoms with Crippen molar-refractivity contribution in [3.8, 4) is 0 Å². The third-order valence-electron chi connectivity index (χ3n) is 6.54. The van der Waals surface area contributed by atoms with E-state index in [2.05, 4.69) is 65.9 Å². The van der Waals surface area contributed by atoms with E-state index in [9.17, 15) is 0 Å². The van der Waals surface area contributed by atoms with Crippen LogP contribution in [0.2, 0.25) is 0 Å². The molecule has 1 fully saturated rings. The Morgan fingerprint density at radius 2 is 1.97 bits per heavy atom. The molecule has 0 saturated carbocycles. The van der Waals surface area contributed by atoms with Gasteiger partial charge in [0.05, 0.1) is 11.4 Å². The van der Waals surface area contributed by atoms with Crippen LogP contribution >= 0.6 is 0 Å². The lowest BCUT2D eigenvalue weighted by Gasteiger charge is -2.44. The summed E-state index contributed by atoms with van der Waals surface area (Å²) in [5.41, 5.74) is 5.07. The Bertz CT molecular complexity index is 950. The van der Waals surface area contributed by atoms with E-state index in [-0.39, 0.29) is 5.82 Å². The van der Waals surface area contributed by atoms with Crippen LogP contribution in [0.4, 0.5) is 15.8 Å². The molecule has 2 atom stereocenters. The summed E-state index contributed by atoms with van der Waals surface area (Å²) in [6, 6.07) is 4.39. The van der Waals surface area contributed by atoms with Gasteiger partial charge in [0.25, 0.3) is 0 Å². The molecule has 2 aliphatic heterocycles. The largest absolute Gasteiger partial charge is 0.393 e. The fourth-order valence-corrected chi connectivity index (χ4v) is 4.44. The zero-order valence-corrected chi connectivity index (χ0v) is 20.4. The molecule has 1 saturated heterocycles. The maximum atomic E-state index is 15.4. The number of likely N-dealkylation sites (N-methyl/N-ethyl adjacent to an activating group) is 1. The fourth-order valence-electron chi connectivity index (χ4n) is 4.44. The highest BCUT2D eigenvalue weighted by atomic mass is 19.1. The highest BCUT2D eigenvalue weighted by Gasteiger charge is 2.29. The van der Waals surface area contributed by atoms with E-state index in [1.165, 1.54) is 0 Å². The first-order valence-corrected chi connectivity index (χ1v) is 11.7. The van der Waals surface area contributed by atoms with Crippen LogP contribution in [0.1, 0.15) is 25.8 Å². The third-order valence-corrected chi connectivity index (χ3v) is 6.54. The topological polar surface area (TPSA) is 42.6 Å². The summed E-state index contributed by atoms with van der Waals surface area (Å²) in [4.78, 5) is 4.66. The van der Waals surface area contributed by atoms with Gasteiger partial charge in [0, 0.05) is 61.8 Å². The Morgan fingerprint density at radius 1 is 1.24 bits per heavy atom. The standard InChI is InChI=1S/C27H38FN5/c1-7-8-9-23(16-29-5)21(4)31-26-14-24(22-10-12-30-13-11-22)25(28)15-27(26)33-17-19(2)32(6)20(3)18-33/h7-10,14-16,19-20,29-31H,1,4,11-13,17-18H2,2-3,5-6H3/b9-8-,23-16+. The Morgan fingerprint density at radius 3 is 2.58 bits per heavy atom. The van der Waals surface area contributed by atoms with E-state index in [1.807, 2.05) is 31.5 Å². The molecular weight excluding hydrogens is 413 g/mol. The highest BCUT2D eigenvalue weighted by Crippen LogP contribution is 2.36. The molecule has 0 aromatic heterocycles. The van der Waals surface area contributed by atoms with Crippen LogP contribution in [0.15, 0.2) is 67.1 Å². The van der Waals surface area contributed by atoms with Gasteiger partial charge in [0.1, 0.15) is 5.82 Å². The van der Waals surface area contributed by atoms with Crippen molar-refractivity contribution in [2.75, 3.05) is 50.5 Å². The summed E-state index contributed by atoms with van der Waals surface area (Å²) in [6.45, 7) is 15.7. The smallest absolute Gasteiger partial charge is 0.132 e. The lowest BCUT2D eigenvalue weighted by Crippen LogP contribution is -2.55. The number of hydrogen-bond donors (Lipinski definition) is 3. The Labute approximate surface area is 198 Å². The molecule has 3 N–H and O–H groups in total. The molecule has 3 rings (SSSR count). The number of rotatable bonds is 8. The van der Waals surface area contributed by atoms with Crippen molar-refractivity contribution in [1.82, 2.24) is 15.5 Å². The van der Waals surface area contributed by atoms with Crippen molar-refractivity contribution >= 4 is 16.9 Å². The zero-order valence-electron chi connectivity index (χ0n) is 20.4. The molecule has 33 heavy (non-hydrogen) atoms. The average molecular weight is 452 g/mol. The molecule has 0 spiro atoms. The van der Waals surface area contributed by atoms with Gasteiger partial charge in [-0.05, 0) is 51.6 Å². The fraction of sp³-hybridized carbons (Fsp3) is 0.407. The molecule has 2 aliphatic rings. The molecule has 2 unspecified atom stereocenters. The first kappa shape index (κ1) is 24.8. The number of benzene rings is 1.